The lowest BCUT2D eigenvalue weighted by Crippen LogP contribution is -2.77. The molecule has 4 aliphatic heterocycles. The molecule has 0 aliphatic carbocycles. The number of amides is 2. The molecule has 7 N–H and O–H groups in total. The number of hydrogen-bond acceptors (Lipinski definition) is 13. The van der Waals surface area contributed by atoms with Crippen molar-refractivity contribution >= 4 is 33.9 Å². The monoisotopic (exact) mass is 431 g/mol. The van der Waals surface area contributed by atoms with Crippen LogP contribution in [0.2, 0.25) is 0 Å². The molecule has 15 heteroatoms. The molecule has 0 saturated carbocycles. The SMILES string of the molecule is CS(=O)(=O)O[C@H]1CN2C(N)=N[C@@H](CN3C(=O)CCC3=O)[C@@H]3N=C(N)NC32C1(O)O. The largest absolute Gasteiger partial charge is 0.370 e. The number of nitrogens with two attached hydrogens (primary N) is 2. The van der Waals surface area contributed by atoms with Gasteiger partial charge in [-0.1, -0.05) is 0 Å². The number of rotatable bonds is 4. The van der Waals surface area contributed by atoms with E-state index < -0.39 is 39.8 Å². The van der Waals surface area contributed by atoms with Gasteiger partial charge in [-0.2, -0.15) is 8.42 Å². The smallest absolute Gasteiger partial charge is 0.264 e. The van der Waals surface area contributed by atoms with E-state index in [4.69, 9.17) is 15.7 Å². The molecule has 0 aromatic carbocycles. The Morgan fingerprint density at radius 3 is 2.45 bits per heavy atom. The molecule has 0 aromatic rings. The summed E-state index contributed by atoms with van der Waals surface area (Å²) in [5, 5.41) is 24.6. The van der Waals surface area contributed by atoms with Crippen LogP contribution in [0.25, 0.3) is 0 Å². The number of aliphatic imine (C=N–C) groups is 2. The Kier molecular flexibility index (Phi) is 4.10. The number of nitrogens with one attached hydrogen (secondary N) is 1. The zero-order chi connectivity index (χ0) is 21.4. The summed E-state index contributed by atoms with van der Waals surface area (Å²) in [5.41, 5.74) is 9.93. The van der Waals surface area contributed by atoms with Crippen molar-refractivity contribution in [1.29, 1.82) is 0 Å². The van der Waals surface area contributed by atoms with Crippen LogP contribution in [0.1, 0.15) is 12.8 Å². The number of aliphatic hydroxyl groups is 2. The van der Waals surface area contributed by atoms with Gasteiger partial charge in [-0.15, -0.1) is 0 Å². The average molecular weight is 431 g/mol. The van der Waals surface area contributed by atoms with Crippen molar-refractivity contribution in [2.45, 2.75) is 42.5 Å². The minimum Gasteiger partial charge on any atom is -0.370 e. The molecule has 14 nitrogen and oxygen atoms in total. The zero-order valence-corrected chi connectivity index (χ0v) is 16.2. The van der Waals surface area contributed by atoms with Gasteiger partial charge in [0.1, 0.15) is 6.04 Å². The fourth-order valence-corrected chi connectivity index (χ4v) is 4.99. The molecule has 29 heavy (non-hydrogen) atoms. The van der Waals surface area contributed by atoms with Crippen molar-refractivity contribution < 1.29 is 32.4 Å². The minimum absolute atomic E-state index is 0.0740. The average Bonchev–Trinajstić information content (AvgIpc) is 3.17. The van der Waals surface area contributed by atoms with Gasteiger partial charge in [0.2, 0.25) is 17.6 Å². The molecule has 0 bridgehead atoms. The summed E-state index contributed by atoms with van der Waals surface area (Å²) in [7, 11) is -4.05. The highest BCUT2D eigenvalue weighted by molar-refractivity contribution is 7.86. The van der Waals surface area contributed by atoms with E-state index >= 15 is 0 Å². The highest BCUT2D eigenvalue weighted by atomic mass is 32.2. The minimum atomic E-state index is -4.05. The standard InChI is InChI=1S/C14H21N7O7S/c1-29(26,27)28-7-5-21-12(16)17-6(4-20-8(22)2-3-9(20)23)10-13(21,14(7,24)25)19-11(15)18-10/h6-7,10,24-25H,2-5H2,1H3,(H2,16,17)(H3,15,18,19)/t6-,7-,10-,13?/m0/s1. The second-order valence-electron chi connectivity index (χ2n) is 7.43. The second kappa shape index (κ2) is 6.01. The number of likely N-dealkylation sites (tertiary alicyclic amines) is 1. The molecule has 160 valence electrons. The van der Waals surface area contributed by atoms with Crippen LogP contribution >= 0.6 is 0 Å². The van der Waals surface area contributed by atoms with Gasteiger partial charge in [0.15, 0.2) is 23.7 Å². The first-order valence-electron chi connectivity index (χ1n) is 8.75. The van der Waals surface area contributed by atoms with Crippen LogP contribution in [0.5, 0.6) is 0 Å². The first kappa shape index (κ1) is 19.8. The van der Waals surface area contributed by atoms with Gasteiger partial charge in [0.05, 0.1) is 25.4 Å². The molecule has 2 fully saturated rings. The van der Waals surface area contributed by atoms with Crippen LogP contribution in [0.15, 0.2) is 9.98 Å². The van der Waals surface area contributed by atoms with Gasteiger partial charge in [-0.3, -0.25) is 18.7 Å². The molecule has 4 atom stereocenters. The topological polar surface area (TPSA) is 213 Å². The Labute approximate surface area is 165 Å². The maximum Gasteiger partial charge on any atom is 0.264 e. The molecule has 4 aliphatic rings. The van der Waals surface area contributed by atoms with E-state index in [2.05, 4.69) is 15.3 Å². The van der Waals surface area contributed by atoms with Gasteiger partial charge in [-0.25, -0.2) is 9.98 Å². The third-order valence-electron chi connectivity index (χ3n) is 5.56. The Morgan fingerprint density at radius 2 is 1.86 bits per heavy atom. The van der Waals surface area contributed by atoms with Crippen molar-refractivity contribution in [2.75, 3.05) is 19.3 Å². The van der Waals surface area contributed by atoms with Crippen LogP contribution < -0.4 is 16.8 Å². The van der Waals surface area contributed by atoms with E-state index in [9.17, 15) is 28.2 Å². The van der Waals surface area contributed by atoms with Crippen LogP contribution in [-0.2, 0) is 23.9 Å². The molecular formula is C14H21N7O7S. The fourth-order valence-electron chi connectivity index (χ4n) is 4.37. The maximum absolute atomic E-state index is 12.0. The van der Waals surface area contributed by atoms with E-state index in [1.165, 1.54) is 4.90 Å². The summed E-state index contributed by atoms with van der Waals surface area (Å²) >= 11 is 0. The van der Waals surface area contributed by atoms with Crippen molar-refractivity contribution in [3.8, 4) is 0 Å². The third kappa shape index (κ3) is 2.76. The lowest BCUT2D eigenvalue weighted by molar-refractivity contribution is -0.251. The number of hydrogen-bond donors (Lipinski definition) is 5. The van der Waals surface area contributed by atoms with Crippen LogP contribution in [0, 0.1) is 0 Å². The maximum atomic E-state index is 12.0. The summed E-state index contributed by atoms with van der Waals surface area (Å²) in [6.45, 7) is -0.527. The normalized spacial score (nSPS) is 35.9. The predicted octanol–water partition coefficient (Wildman–Crippen LogP) is -4.84. The summed E-state index contributed by atoms with van der Waals surface area (Å²) < 4.78 is 28.1. The van der Waals surface area contributed by atoms with Crippen LogP contribution in [0.4, 0.5) is 0 Å². The summed E-state index contributed by atoms with van der Waals surface area (Å²) in [6.07, 6.45) is -0.709. The Bertz CT molecular complexity index is 932. The summed E-state index contributed by atoms with van der Waals surface area (Å²) in [6, 6.07) is -2.04. The molecule has 0 radical (unpaired) electrons. The first-order valence-corrected chi connectivity index (χ1v) is 10.6. The molecular weight excluding hydrogens is 410 g/mol. The number of guanidine groups is 2. The van der Waals surface area contributed by atoms with Crippen LogP contribution in [0.3, 0.4) is 0 Å². The van der Waals surface area contributed by atoms with Crippen molar-refractivity contribution in [3.05, 3.63) is 0 Å². The number of nitrogens with zero attached hydrogens (tertiary/aromatic N) is 4. The van der Waals surface area contributed by atoms with Crippen molar-refractivity contribution in [2.24, 2.45) is 21.5 Å². The number of imide groups is 1. The molecule has 1 spiro atoms. The Hall–Kier alpha value is -2.49. The highest BCUT2D eigenvalue weighted by Crippen LogP contribution is 2.46. The summed E-state index contributed by atoms with van der Waals surface area (Å²) in [4.78, 5) is 34.7. The van der Waals surface area contributed by atoms with Gasteiger partial charge < -0.3 is 31.9 Å². The lowest BCUT2D eigenvalue weighted by atomic mass is 9.85. The van der Waals surface area contributed by atoms with Gasteiger partial charge in [0, 0.05) is 12.8 Å². The van der Waals surface area contributed by atoms with Gasteiger partial charge in [-0.05, 0) is 0 Å². The summed E-state index contributed by atoms with van der Waals surface area (Å²) in [5.74, 6) is -3.92. The number of carbonyl (C=O) groups excluding carboxylic acids is 2. The van der Waals surface area contributed by atoms with Crippen molar-refractivity contribution in [1.82, 2.24) is 15.1 Å². The molecule has 4 heterocycles. The molecule has 2 saturated heterocycles. The van der Waals surface area contributed by atoms with E-state index in [0.29, 0.717) is 0 Å². The predicted molar refractivity (Wildman–Crippen MR) is 96.2 cm³/mol. The lowest BCUT2D eigenvalue weighted by Gasteiger charge is -2.49. The zero-order valence-electron chi connectivity index (χ0n) is 15.3. The fraction of sp³-hybridized carbons (Fsp3) is 0.714. The first-order chi connectivity index (χ1) is 13.4. The molecule has 2 amide bonds. The highest BCUT2D eigenvalue weighted by Gasteiger charge is 2.74. The van der Waals surface area contributed by atoms with E-state index in [-0.39, 0.29) is 49.7 Å². The van der Waals surface area contributed by atoms with Gasteiger partial charge in [0.25, 0.3) is 10.1 Å². The number of carbonyl (C=O) groups is 2. The third-order valence-corrected chi connectivity index (χ3v) is 6.15. The molecule has 0 aromatic heterocycles. The molecule has 4 rings (SSSR count). The Morgan fingerprint density at radius 1 is 1.24 bits per heavy atom. The van der Waals surface area contributed by atoms with Crippen LogP contribution in [-0.4, -0.2) is 101 Å². The Balaban J connectivity index is 1.74. The van der Waals surface area contributed by atoms with Crippen molar-refractivity contribution in [3.63, 3.8) is 0 Å². The van der Waals surface area contributed by atoms with E-state index in [1.54, 1.807) is 0 Å². The van der Waals surface area contributed by atoms with E-state index in [1.807, 2.05) is 0 Å². The molecule has 1 unspecified atom stereocenters. The quantitative estimate of drug-likeness (QED) is 0.162. The van der Waals surface area contributed by atoms with E-state index in [0.717, 1.165) is 11.2 Å². The second-order valence-corrected chi connectivity index (χ2v) is 9.03. The van der Waals surface area contributed by atoms with Gasteiger partial charge >= 0.3 is 0 Å².